The van der Waals surface area contributed by atoms with Gasteiger partial charge in [0, 0.05) is 43.4 Å². The van der Waals surface area contributed by atoms with E-state index < -0.39 is 10.0 Å². The zero-order valence-electron chi connectivity index (χ0n) is 13.6. The van der Waals surface area contributed by atoms with Crippen molar-refractivity contribution in [1.29, 1.82) is 0 Å². The number of hydrogen-bond donors (Lipinski definition) is 1. The number of aromatic nitrogens is 1. The van der Waals surface area contributed by atoms with Crippen molar-refractivity contribution in [2.45, 2.75) is 24.0 Å². The number of amides is 1. The summed E-state index contributed by atoms with van der Waals surface area (Å²) in [6, 6.07) is 5.43. The number of nitrogens with zero attached hydrogens (tertiary/aromatic N) is 2. The van der Waals surface area contributed by atoms with Gasteiger partial charge in [-0.05, 0) is 30.2 Å². The first-order valence-corrected chi connectivity index (χ1v) is 10.2. The van der Waals surface area contributed by atoms with E-state index >= 15 is 0 Å². The van der Waals surface area contributed by atoms with Crippen LogP contribution in [-0.4, -0.2) is 54.7 Å². The molecular weight excluding hydrogens is 346 g/mol. The third-order valence-electron chi connectivity index (χ3n) is 4.19. The molecule has 0 radical (unpaired) electrons. The number of aryl methyl sites for hydroxylation is 1. The number of hydrogen-bond acceptors (Lipinski definition) is 4. The molecule has 0 aromatic carbocycles. The van der Waals surface area contributed by atoms with Crippen LogP contribution in [0.2, 0.25) is 0 Å². The smallest absolute Gasteiger partial charge is 0.252 e. The molecule has 0 spiro atoms. The van der Waals surface area contributed by atoms with Gasteiger partial charge in [-0.25, -0.2) is 8.42 Å². The molecule has 2 aromatic heterocycles. The van der Waals surface area contributed by atoms with Crippen molar-refractivity contribution < 1.29 is 13.2 Å². The Morgan fingerprint density at radius 1 is 1.21 bits per heavy atom. The maximum atomic E-state index is 12.7. The van der Waals surface area contributed by atoms with Crippen LogP contribution in [-0.2, 0) is 27.7 Å². The molecule has 1 fully saturated rings. The van der Waals surface area contributed by atoms with E-state index in [0.29, 0.717) is 36.8 Å². The van der Waals surface area contributed by atoms with Crippen LogP contribution in [0.5, 0.6) is 0 Å². The van der Waals surface area contributed by atoms with Gasteiger partial charge < -0.3 is 9.88 Å². The fourth-order valence-corrected chi connectivity index (χ4v) is 5.62. The van der Waals surface area contributed by atoms with E-state index in [2.05, 4.69) is 4.98 Å². The molecule has 1 aliphatic heterocycles. The molecule has 24 heavy (non-hydrogen) atoms. The predicted molar refractivity (Wildman–Crippen MR) is 93.5 cm³/mol. The average Bonchev–Trinajstić information content (AvgIpc) is 3.26. The van der Waals surface area contributed by atoms with Gasteiger partial charge in [-0.2, -0.15) is 4.31 Å². The molecule has 8 heteroatoms. The largest absolute Gasteiger partial charge is 0.367 e. The van der Waals surface area contributed by atoms with Crippen molar-refractivity contribution in [2.24, 2.45) is 0 Å². The van der Waals surface area contributed by atoms with Crippen LogP contribution in [0, 0.1) is 0 Å². The number of carbonyl (C=O) groups is 1. The second-order valence-corrected chi connectivity index (χ2v) is 9.09. The third-order valence-corrected chi connectivity index (χ3v) is 7.78. The van der Waals surface area contributed by atoms with E-state index in [-0.39, 0.29) is 5.91 Å². The van der Waals surface area contributed by atoms with Gasteiger partial charge in [0.25, 0.3) is 10.0 Å². The maximum absolute atomic E-state index is 12.7. The summed E-state index contributed by atoms with van der Waals surface area (Å²) >= 11 is 1.33. The quantitative estimate of drug-likeness (QED) is 0.874. The molecule has 0 atom stereocenters. The van der Waals surface area contributed by atoms with Gasteiger partial charge in [0.15, 0.2) is 0 Å². The van der Waals surface area contributed by atoms with Gasteiger partial charge in [0.05, 0.1) is 6.42 Å². The lowest BCUT2D eigenvalue weighted by Gasteiger charge is -2.33. The number of thiophene rings is 1. The van der Waals surface area contributed by atoms with Crippen LogP contribution in [0.15, 0.2) is 34.8 Å². The lowest BCUT2D eigenvalue weighted by Crippen LogP contribution is -2.50. The lowest BCUT2D eigenvalue weighted by atomic mass is 10.2. The Morgan fingerprint density at radius 3 is 2.54 bits per heavy atom. The predicted octanol–water partition coefficient (Wildman–Crippen LogP) is 1.71. The second kappa shape index (κ2) is 7.08. The molecule has 2 aromatic rings. The molecular formula is C16H21N3O3S2. The van der Waals surface area contributed by atoms with E-state index in [0.717, 1.165) is 16.9 Å². The molecule has 0 saturated carbocycles. The fraction of sp³-hybridized carbons (Fsp3) is 0.438. The standard InChI is InChI=1S/C16H21N3O3S2/c1-2-14-3-4-16(23-14)24(21,22)19-9-7-18(8-10-19)15(20)11-13-5-6-17-12-13/h3-6,12,17H,2,7-11H2,1H3. The fourth-order valence-electron chi connectivity index (χ4n) is 2.75. The number of nitrogens with one attached hydrogen (secondary N) is 1. The molecule has 1 amide bonds. The van der Waals surface area contributed by atoms with Crippen LogP contribution >= 0.6 is 11.3 Å². The first kappa shape index (κ1) is 17.2. The summed E-state index contributed by atoms with van der Waals surface area (Å²) in [5, 5.41) is 0. The molecule has 1 aliphatic rings. The normalized spacial score (nSPS) is 16.5. The molecule has 3 heterocycles. The van der Waals surface area contributed by atoms with Crippen molar-refractivity contribution in [3.05, 3.63) is 41.0 Å². The van der Waals surface area contributed by atoms with E-state index in [1.54, 1.807) is 23.4 Å². The summed E-state index contributed by atoms with van der Waals surface area (Å²) < 4.78 is 27.2. The van der Waals surface area contributed by atoms with Crippen LogP contribution in [0.3, 0.4) is 0 Å². The van der Waals surface area contributed by atoms with Crippen LogP contribution in [0.25, 0.3) is 0 Å². The molecule has 6 nitrogen and oxygen atoms in total. The van der Waals surface area contributed by atoms with Crippen molar-refractivity contribution in [3.63, 3.8) is 0 Å². The first-order valence-electron chi connectivity index (χ1n) is 7.99. The lowest BCUT2D eigenvalue weighted by molar-refractivity contribution is -0.131. The highest BCUT2D eigenvalue weighted by Gasteiger charge is 2.31. The van der Waals surface area contributed by atoms with Crippen molar-refractivity contribution in [1.82, 2.24) is 14.2 Å². The number of H-pyrrole nitrogens is 1. The van der Waals surface area contributed by atoms with Gasteiger partial charge >= 0.3 is 0 Å². The highest BCUT2D eigenvalue weighted by molar-refractivity contribution is 7.91. The Kier molecular flexibility index (Phi) is 5.07. The van der Waals surface area contributed by atoms with Gasteiger partial charge in [-0.1, -0.05) is 6.92 Å². The highest BCUT2D eigenvalue weighted by atomic mass is 32.2. The maximum Gasteiger partial charge on any atom is 0.252 e. The van der Waals surface area contributed by atoms with Crippen LogP contribution in [0.4, 0.5) is 0 Å². The van der Waals surface area contributed by atoms with E-state index in [1.165, 1.54) is 15.6 Å². The summed E-state index contributed by atoms with van der Waals surface area (Å²) in [6.07, 6.45) is 4.78. The van der Waals surface area contributed by atoms with Gasteiger partial charge in [-0.15, -0.1) is 11.3 Å². The molecule has 0 unspecified atom stereocenters. The monoisotopic (exact) mass is 367 g/mol. The van der Waals surface area contributed by atoms with Crippen molar-refractivity contribution >= 4 is 27.3 Å². The summed E-state index contributed by atoms with van der Waals surface area (Å²) in [7, 11) is -3.44. The van der Waals surface area contributed by atoms with Crippen LogP contribution < -0.4 is 0 Å². The molecule has 3 rings (SSSR count). The molecule has 1 N–H and O–H groups in total. The SMILES string of the molecule is CCc1ccc(S(=O)(=O)N2CCN(C(=O)Cc3cc[nH]c3)CC2)s1. The van der Waals surface area contributed by atoms with Crippen LogP contribution in [0.1, 0.15) is 17.4 Å². The summed E-state index contributed by atoms with van der Waals surface area (Å²) in [5.74, 6) is 0.0380. The number of sulfonamides is 1. The van der Waals surface area contributed by atoms with Crippen molar-refractivity contribution in [3.8, 4) is 0 Å². The molecule has 0 aliphatic carbocycles. The Bertz CT molecular complexity index is 788. The van der Waals surface area contributed by atoms with Gasteiger partial charge in [0.1, 0.15) is 4.21 Å². The molecule has 1 saturated heterocycles. The Balaban J connectivity index is 1.61. The van der Waals surface area contributed by atoms with Gasteiger partial charge in [0.2, 0.25) is 5.91 Å². The average molecular weight is 367 g/mol. The molecule has 130 valence electrons. The zero-order chi connectivity index (χ0) is 17.2. The van der Waals surface area contributed by atoms with E-state index in [9.17, 15) is 13.2 Å². The third kappa shape index (κ3) is 3.55. The van der Waals surface area contributed by atoms with E-state index in [4.69, 9.17) is 0 Å². The van der Waals surface area contributed by atoms with E-state index in [1.807, 2.05) is 19.1 Å². The Morgan fingerprint density at radius 2 is 1.96 bits per heavy atom. The summed E-state index contributed by atoms with van der Waals surface area (Å²) in [5.41, 5.74) is 0.945. The minimum Gasteiger partial charge on any atom is -0.367 e. The number of carbonyl (C=O) groups excluding carboxylic acids is 1. The minimum atomic E-state index is -3.44. The first-order chi connectivity index (χ1) is 11.5. The van der Waals surface area contributed by atoms with Crippen molar-refractivity contribution in [2.75, 3.05) is 26.2 Å². The second-order valence-electron chi connectivity index (χ2n) is 5.76. The van der Waals surface area contributed by atoms with Gasteiger partial charge in [-0.3, -0.25) is 4.79 Å². The Hall–Kier alpha value is -1.64. The number of aromatic amines is 1. The topological polar surface area (TPSA) is 73.5 Å². The summed E-state index contributed by atoms with van der Waals surface area (Å²) in [4.78, 5) is 18.0. The number of piperazine rings is 1. The Labute approximate surface area is 146 Å². The number of rotatable bonds is 5. The highest BCUT2D eigenvalue weighted by Crippen LogP contribution is 2.26. The molecule has 0 bridgehead atoms. The summed E-state index contributed by atoms with van der Waals surface area (Å²) in [6.45, 7) is 3.58. The zero-order valence-corrected chi connectivity index (χ0v) is 15.2. The minimum absolute atomic E-state index is 0.0380.